The van der Waals surface area contributed by atoms with E-state index in [9.17, 15) is 21.6 Å². The number of anilines is 1. The van der Waals surface area contributed by atoms with E-state index < -0.39 is 26.7 Å². The van der Waals surface area contributed by atoms with E-state index in [4.69, 9.17) is 9.88 Å². The van der Waals surface area contributed by atoms with Crippen molar-refractivity contribution in [2.45, 2.75) is 37.0 Å². The number of hydrogen-bond acceptors (Lipinski definition) is 5. The zero-order valence-corrected chi connectivity index (χ0v) is 14.8. The molecule has 0 amide bonds. The third-order valence-corrected chi connectivity index (χ3v) is 5.15. The standard InChI is InChI=1S/C15H22F3N3O3S/c1-10(21-5-6-24-9-11(21)2)8-20-12-3-4-14(25(19,22)23)13(7-12)15(16,17)18/h3-4,7,10-11,20H,5-6,8-9H2,1-2H3,(H2,19,22,23). The van der Waals surface area contributed by atoms with Crippen LogP contribution in [0.4, 0.5) is 18.9 Å². The van der Waals surface area contributed by atoms with Crippen molar-refractivity contribution in [3.05, 3.63) is 23.8 Å². The van der Waals surface area contributed by atoms with Gasteiger partial charge in [-0.1, -0.05) is 0 Å². The highest BCUT2D eigenvalue weighted by molar-refractivity contribution is 7.89. The van der Waals surface area contributed by atoms with Gasteiger partial charge in [0, 0.05) is 30.9 Å². The summed E-state index contributed by atoms with van der Waals surface area (Å²) in [4.78, 5) is 1.28. The van der Waals surface area contributed by atoms with Gasteiger partial charge in [0.25, 0.3) is 0 Å². The van der Waals surface area contributed by atoms with E-state index in [2.05, 4.69) is 10.2 Å². The molecule has 2 unspecified atom stereocenters. The van der Waals surface area contributed by atoms with Gasteiger partial charge in [0.2, 0.25) is 10.0 Å². The number of nitrogens with two attached hydrogens (primary N) is 1. The Hall–Kier alpha value is -1.36. The van der Waals surface area contributed by atoms with E-state index in [1.807, 2.05) is 13.8 Å². The van der Waals surface area contributed by atoms with Crippen LogP contribution < -0.4 is 10.5 Å². The zero-order chi connectivity index (χ0) is 18.8. The molecule has 0 aliphatic carbocycles. The van der Waals surface area contributed by atoms with Gasteiger partial charge in [-0.3, -0.25) is 4.90 Å². The SMILES string of the molecule is CC(CNc1ccc(S(N)(=O)=O)c(C(F)(F)F)c1)N1CCOCC1C. The zero-order valence-electron chi connectivity index (χ0n) is 14.0. The molecule has 1 aromatic rings. The molecule has 0 bridgehead atoms. The van der Waals surface area contributed by atoms with Crippen LogP contribution in [0.25, 0.3) is 0 Å². The van der Waals surface area contributed by atoms with Crippen molar-refractivity contribution in [3.63, 3.8) is 0 Å². The van der Waals surface area contributed by atoms with Crippen LogP contribution in [0, 0.1) is 0 Å². The molecule has 1 aromatic carbocycles. The number of benzene rings is 1. The van der Waals surface area contributed by atoms with Crippen LogP contribution in [0.5, 0.6) is 0 Å². The molecule has 142 valence electrons. The van der Waals surface area contributed by atoms with Crippen LogP contribution in [-0.4, -0.2) is 51.7 Å². The topological polar surface area (TPSA) is 84.7 Å². The summed E-state index contributed by atoms with van der Waals surface area (Å²) in [5.74, 6) is 0. The van der Waals surface area contributed by atoms with Crippen LogP contribution in [-0.2, 0) is 20.9 Å². The number of morpholine rings is 1. The molecule has 1 heterocycles. The maximum absolute atomic E-state index is 13.1. The molecule has 25 heavy (non-hydrogen) atoms. The van der Waals surface area contributed by atoms with Gasteiger partial charge < -0.3 is 10.1 Å². The molecule has 3 N–H and O–H groups in total. The largest absolute Gasteiger partial charge is 0.417 e. The van der Waals surface area contributed by atoms with Crippen LogP contribution in [0.3, 0.4) is 0 Å². The average Bonchev–Trinajstić information content (AvgIpc) is 2.51. The predicted molar refractivity (Wildman–Crippen MR) is 87.8 cm³/mol. The van der Waals surface area contributed by atoms with Crippen molar-refractivity contribution in [1.29, 1.82) is 0 Å². The Balaban J connectivity index is 2.15. The fraction of sp³-hybridized carbons (Fsp3) is 0.600. The summed E-state index contributed by atoms with van der Waals surface area (Å²) in [6, 6.07) is 3.23. The lowest BCUT2D eigenvalue weighted by Gasteiger charge is -2.38. The van der Waals surface area contributed by atoms with Crippen LogP contribution >= 0.6 is 0 Å². The number of sulfonamides is 1. The molecule has 1 aliphatic rings. The summed E-state index contributed by atoms with van der Waals surface area (Å²) in [6.45, 7) is 6.40. The van der Waals surface area contributed by atoms with Crippen molar-refractivity contribution < 1.29 is 26.3 Å². The number of alkyl halides is 3. The van der Waals surface area contributed by atoms with Gasteiger partial charge in [-0.15, -0.1) is 0 Å². The third kappa shape index (κ3) is 5.06. The van der Waals surface area contributed by atoms with E-state index in [1.165, 1.54) is 6.07 Å². The van der Waals surface area contributed by atoms with Crippen LogP contribution in [0.1, 0.15) is 19.4 Å². The molecule has 2 rings (SSSR count). The second-order valence-corrected chi connectivity index (χ2v) is 7.68. The fourth-order valence-electron chi connectivity index (χ4n) is 2.89. The highest BCUT2D eigenvalue weighted by atomic mass is 32.2. The minimum absolute atomic E-state index is 0.0751. The van der Waals surface area contributed by atoms with Gasteiger partial charge in [0.1, 0.15) is 0 Å². The van der Waals surface area contributed by atoms with E-state index in [-0.39, 0.29) is 17.8 Å². The molecule has 0 spiro atoms. The lowest BCUT2D eigenvalue weighted by atomic mass is 10.1. The molecule has 1 saturated heterocycles. The van der Waals surface area contributed by atoms with Gasteiger partial charge in [0.15, 0.2) is 0 Å². The molecule has 0 radical (unpaired) electrons. The minimum atomic E-state index is -4.82. The Morgan fingerprint density at radius 1 is 1.44 bits per heavy atom. The van der Waals surface area contributed by atoms with Crippen LogP contribution in [0.15, 0.2) is 23.1 Å². The highest BCUT2D eigenvalue weighted by Gasteiger charge is 2.36. The van der Waals surface area contributed by atoms with Crippen LogP contribution in [0.2, 0.25) is 0 Å². The van der Waals surface area contributed by atoms with Crippen molar-refractivity contribution in [3.8, 4) is 0 Å². The molecule has 1 fully saturated rings. The van der Waals surface area contributed by atoms with E-state index in [0.717, 1.165) is 18.7 Å². The summed E-state index contributed by atoms with van der Waals surface area (Å²) in [7, 11) is -4.46. The molecular weight excluding hydrogens is 359 g/mol. The summed E-state index contributed by atoms with van der Waals surface area (Å²) < 4.78 is 67.5. The minimum Gasteiger partial charge on any atom is -0.383 e. The normalized spacial score (nSPS) is 21.1. The predicted octanol–water partition coefficient (Wildman–Crippen LogP) is 1.87. The summed E-state index contributed by atoms with van der Waals surface area (Å²) in [5.41, 5.74) is -1.08. The average molecular weight is 381 g/mol. The smallest absolute Gasteiger partial charge is 0.383 e. The van der Waals surface area contributed by atoms with Crippen molar-refractivity contribution >= 4 is 15.7 Å². The Labute approximate surface area is 145 Å². The van der Waals surface area contributed by atoms with E-state index >= 15 is 0 Å². The number of primary sulfonamides is 1. The third-order valence-electron chi connectivity index (χ3n) is 4.18. The lowest BCUT2D eigenvalue weighted by Crippen LogP contribution is -2.50. The second-order valence-electron chi connectivity index (χ2n) is 6.15. The monoisotopic (exact) mass is 381 g/mol. The van der Waals surface area contributed by atoms with Crippen molar-refractivity contribution in [1.82, 2.24) is 4.90 Å². The number of ether oxygens (including phenoxy) is 1. The lowest BCUT2D eigenvalue weighted by molar-refractivity contribution is -0.139. The first-order valence-corrected chi connectivity index (χ1v) is 9.36. The maximum atomic E-state index is 13.1. The molecule has 2 atom stereocenters. The molecular formula is C15H22F3N3O3S. The van der Waals surface area contributed by atoms with Gasteiger partial charge >= 0.3 is 6.18 Å². The molecule has 1 aliphatic heterocycles. The quantitative estimate of drug-likeness (QED) is 0.814. The van der Waals surface area contributed by atoms with Gasteiger partial charge in [-0.25, -0.2) is 13.6 Å². The van der Waals surface area contributed by atoms with Crippen molar-refractivity contribution in [2.75, 3.05) is 31.6 Å². The molecule has 0 aromatic heterocycles. The first-order chi connectivity index (χ1) is 11.5. The fourth-order valence-corrected chi connectivity index (χ4v) is 3.63. The maximum Gasteiger partial charge on any atom is 0.417 e. The molecule has 6 nitrogen and oxygen atoms in total. The van der Waals surface area contributed by atoms with Gasteiger partial charge in [-0.05, 0) is 32.0 Å². The Morgan fingerprint density at radius 3 is 2.68 bits per heavy atom. The summed E-state index contributed by atoms with van der Waals surface area (Å²) >= 11 is 0. The second kappa shape index (κ2) is 7.48. The summed E-state index contributed by atoms with van der Waals surface area (Å²) in [6.07, 6.45) is -4.82. The first kappa shape index (κ1) is 20.0. The number of nitrogens with zero attached hydrogens (tertiary/aromatic N) is 1. The van der Waals surface area contributed by atoms with E-state index in [1.54, 1.807) is 0 Å². The Morgan fingerprint density at radius 2 is 2.12 bits per heavy atom. The first-order valence-electron chi connectivity index (χ1n) is 7.81. The molecule has 10 heteroatoms. The number of halogens is 3. The Bertz CT molecular complexity index is 710. The Kier molecular flexibility index (Phi) is 5.97. The summed E-state index contributed by atoms with van der Waals surface area (Å²) in [5, 5.41) is 7.81. The van der Waals surface area contributed by atoms with Gasteiger partial charge in [-0.2, -0.15) is 13.2 Å². The van der Waals surface area contributed by atoms with E-state index in [0.29, 0.717) is 19.8 Å². The van der Waals surface area contributed by atoms with Gasteiger partial charge in [0.05, 0.1) is 23.7 Å². The number of rotatable bonds is 5. The molecule has 0 saturated carbocycles. The highest BCUT2D eigenvalue weighted by Crippen LogP contribution is 2.35. The number of hydrogen-bond donors (Lipinski definition) is 2. The number of nitrogens with one attached hydrogen (secondary N) is 1. The van der Waals surface area contributed by atoms with Crippen molar-refractivity contribution in [2.24, 2.45) is 5.14 Å².